The van der Waals surface area contributed by atoms with E-state index in [1.165, 1.54) is 11.3 Å². The fourth-order valence-corrected chi connectivity index (χ4v) is 3.93. The first-order valence-corrected chi connectivity index (χ1v) is 8.70. The lowest BCUT2D eigenvalue weighted by atomic mass is 10.1. The van der Waals surface area contributed by atoms with Crippen LogP contribution in [0.5, 0.6) is 0 Å². The van der Waals surface area contributed by atoms with Gasteiger partial charge in [0.1, 0.15) is 10.4 Å². The first kappa shape index (κ1) is 16.1. The molecule has 1 N–H and O–H groups in total. The van der Waals surface area contributed by atoms with Crippen molar-refractivity contribution in [1.82, 2.24) is 19.7 Å². The van der Waals surface area contributed by atoms with Crippen molar-refractivity contribution in [2.45, 2.75) is 12.5 Å². The summed E-state index contributed by atoms with van der Waals surface area (Å²) in [5, 5.41) is 16.8. The number of fused-ring (bicyclic) bond motifs is 2. The molecule has 1 atom stereocenters. The van der Waals surface area contributed by atoms with Crippen LogP contribution in [-0.2, 0) is 17.4 Å². The van der Waals surface area contributed by atoms with Gasteiger partial charge in [0.05, 0.1) is 12.3 Å². The summed E-state index contributed by atoms with van der Waals surface area (Å²) in [7, 11) is 3.46. The van der Waals surface area contributed by atoms with Gasteiger partial charge < -0.3 is 9.84 Å². The second-order valence-electron chi connectivity index (χ2n) is 6.35. The molecule has 0 fully saturated rings. The van der Waals surface area contributed by atoms with E-state index in [1.807, 2.05) is 37.5 Å². The second kappa shape index (κ2) is 5.87. The molecule has 0 aromatic carbocycles. The standard InChI is InChI=1S/C18H18N4O2S/c1-18(23,10-24-3)15-7-11-4-5-14(20-17(11)25-15)12-6-13-9-22(2)21-16(13)19-8-12/h4-9,23H,10H2,1-3H3. The number of ether oxygens (including phenoxy) is 1. The average Bonchev–Trinajstić information content (AvgIpc) is 3.15. The normalized spacial score (nSPS) is 14.2. The lowest BCUT2D eigenvalue weighted by molar-refractivity contribution is -0.0180. The Morgan fingerprint density at radius 1 is 1.28 bits per heavy atom. The quantitative estimate of drug-likeness (QED) is 0.610. The third-order valence-corrected chi connectivity index (χ3v) is 5.41. The third-order valence-electron chi connectivity index (χ3n) is 4.11. The Hall–Kier alpha value is -2.35. The van der Waals surface area contributed by atoms with Gasteiger partial charge in [0.15, 0.2) is 5.65 Å². The number of aryl methyl sites for hydroxylation is 1. The Morgan fingerprint density at radius 2 is 2.12 bits per heavy atom. The van der Waals surface area contributed by atoms with Crippen LogP contribution >= 0.6 is 11.3 Å². The third kappa shape index (κ3) is 2.90. The molecule has 6 nitrogen and oxygen atoms in total. The van der Waals surface area contributed by atoms with E-state index in [0.717, 1.165) is 37.4 Å². The molecule has 4 heterocycles. The van der Waals surface area contributed by atoms with Gasteiger partial charge in [-0.3, -0.25) is 4.68 Å². The minimum atomic E-state index is -1.02. The molecule has 0 amide bonds. The molecule has 0 aliphatic heterocycles. The van der Waals surface area contributed by atoms with Crippen LogP contribution in [0.1, 0.15) is 11.8 Å². The van der Waals surface area contributed by atoms with E-state index >= 15 is 0 Å². The SMILES string of the molecule is COCC(C)(O)c1cc2ccc(-c3cnc4nn(C)cc4c3)nc2s1. The van der Waals surface area contributed by atoms with E-state index < -0.39 is 5.60 Å². The summed E-state index contributed by atoms with van der Waals surface area (Å²) in [6.45, 7) is 2.00. The van der Waals surface area contributed by atoms with Crippen LogP contribution in [0.15, 0.2) is 36.7 Å². The molecule has 4 aromatic rings. The molecule has 0 radical (unpaired) electrons. The predicted molar refractivity (Wildman–Crippen MR) is 98.6 cm³/mol. The number of aromatic nitrogens is 4. The van der Waals surface area contributed by atoms with Crippen LogP contribution in [0.3, 0.4) is 0 Å². The van der Waals surface area contributed by atoms with E-state index in [1.54, 1.807) is 24.9 Å². The Balaban J connectivity index is 1.77. The maximum atomic E-state index is 10.5. The van der Waals surface area contributed by atoms with E-state index in [2.05, 4.69) is 10.1 Å². The summed E-state index contributed by atoms with van der Waals surface area (Å²) in [5.74, 6) is 0. The average molecular weight is 354 g/mol. The monoisotopic (exact) mass is 354 g/mol. The highest BCUT2D eigenvalue weighted by atomic mass is 32.1. The molecule has 128 valence electrons. The van der Waals surface area contributed by atoms with Crippen molar-refractivity contribution in [1.29, 1.82) is 0 Å². The highest BCUT2D eigenvalue weighted by Gasteiger charge is 2.25. The number of aliphatic hydroxyl groups is 1. The Kier molecular flexibility index (Phi) is 3.79. The molecule has 0 bridgehead atoms. The van der Waals surface area contributed by atoms with Gasteiger partial charge in [-0.25, -0.2) is 9.97 Å². The highest BCUT2D eigenvalue weighted by Crippen LogP contribution is 2.34. The van der Waals surface area contributed by atoms with E-state index in [0.29, 0.717) is 0 Å². The Morgan fingerprint density at radius 3 is 2.92 bits per heavy atom. The maximum absolute atomic E-state index is 10.5. The molecule has 1 unspecified atom stereocenters. The number of hydrogen-bond acceptors (Lipinski definition) is 6. The van der Waals surface area contributed by atoms with Gasteiger partial charge in [-0.05, 0) is 31.2 Å². The summed E-state index contributed by atoms with van der Waals surface area (Å²) in [6, 6.07) is 8.01. The van der Waals surface area contributed by atoms with Crippen molar-refractivity contribution in [3.05, 3.63) is 41.5 Å². The van der Waals surface area contributed by atoms with Gasteiger partial charge in [-0.2, -0.15) is 5.10 Å². The molecule has 0 aliphatic rings. The summed E-state index contributed by atoms with van der Waals surface area (Å²) >= 11 is 1.48. The largest absolute Gasteiger partial charge is 0.382 e. The Labute approximate surface area is 148 Å². The first-order chi connectivity index (χ1) is 12.0. The van der Waals surface area contributed by atoms with Crippen LogP contribution < -0.4 is 0 Å². The smallest absolute Gasteiger partial charge is 0.181 e. The molecule has 0 saturated carbocycles. The van der Waals surface area contributed by atoms with Crippen LogP contribution in [0.2, 0.25) is 0 Å². The molecular formula is C18H18N4O2S. The summed E-state index contributed by atoms with van der Waals surface area (Å²) in [5.41, 5.74) is 1.50. The topological polar surface area (TPSA) is 73.1 Å². The van der Waals surface area contributed by atoms with Crippen LogP contribution in [0.4, 0.5) is 0 Å². The molecule has 25 heavy (non-hydrogen) atoms. The fraction of sp³-hybridized carbons (Fsp3) is 0.278. The van der Waals surface area contributed by atoms with Gasteiger partial charge in [0, 0.05) is 47.8 Å². The van der Waals surface area contributed by atoms with Gasteiger partial charge in [-0.15, -0.1) is 11.3 Å². The zero-order chi connectivity index (χ0) is 17.6. The van der Waals surface area contributed by atoms with Crippen molar-refractivity contribution in [2.75, 3.05) is 13.7 Å². The van der Waals surface area contributed by atoms with Crippen molar-refractivity contribution >= 4 is 32.6 Å². The van der Waals surface area contributed by atoms with Crippen molar-refractivity contribution in [3.8, 4) is 11.3 Å². The van der Waals surface area contributed by atoms with E-state index in [-0.39, 0.29) is 6.61 Å². The minimum Gasteiger partial charge on any atom is -0.382 e. The van der Waals surface area contributed by atoms with Gasteiger partial charge >= 0.3 is 0 Å². The van der Waals surface area contributed by atoms with Gasteiger partial charge in [-0.1, -0.05) is 0 Å². The number of thiophene rings is 1. The number of rotatable bonds is 4. The molecule has 4 rings (SSSR count). The highest BCUT2D eigenvalue weighted by molar-refractivity contribution is 7.18. The molecule has 0 saturated heterocycles. The zero-order valence-corrected chi connectivity index (χ0v) is 15.0. The zero-order valence-electron chi connectivity index (χ0n) is 14.2. The van der Waals surface area contributed by atoms with Crippen molar-refractivity contribution in [2.24, 2.45) is 7.05 Å². The lowest BCUT2D eigenvalue weighted by Gasteiger charge is -2.20. The van der Waals surface area contributed by atoms with Gasteiger partial charge in [0.25, 0.3) is 0 Å². The van der Waals surface area contributed by atoms with Crippen LogP contribution in [0, 0.1) is 0 Å². The molecule has 0 aliphatic carbocycles. The second-order valence-corrected chi connectivity index (χ2v) is 7.38. The van der Waals surface area contributed by atoms with Gasteiger partial charge in [0.2, 0.25) is 0 Å². The molecule has 7 heteroatoms. The fourth-order valence-electron chi connectivity index (χ4n) is 2.87. The maximum Gasteiger partial charge on any atom is 0.181 e. The number of pyridine rings is 2. The van der Waals surface area contributed by atoms with Crippen molar-refractivity contribution in [3.63, 3.8) is 0 Å². The van der Waals surface area contributed by atoms with Crippen LogP contribution in [0.25, 0.3) is 32.5 Å². The summed E-state index contributed by atoms with van der Waals surface area (Å²) in [6.07, 6.45) is 3.73. The Bertz CT molecular complexity index is 1070. The molecular weight excluding hydrogens is 336 g/mol. The molecule has 0 spiro atoms. The summed E-state index contributed by atoms with van der Waals surface area (Å²) in [4.78, 5) is 10.9. The predicted octanol–water partition coefficient (Wildman–Crippen LogP) is 3.10. The van der Waals surface area contributed by atoms with E-state index in [9.17, 15) is 5.11 Å². The number of methoxy groups -OCH3 is 1. The lowest BCUT2D eigenvalue weighted by Crippen LogP contribution is -2.25. The summed E-state index contributed by atoms with van der Waals surface area (Å²) < 4.78 is 6.86. The minimum absolute atomic E-state index is 0.244. The van der Waals surface area contributed by atoms with Crippen molar-refractivity contribution < 1.29 is 9.84 Å². The number of hydrogen-bond donors (Lipinski definition) is 1. The molecule has 4 aromatic heterocycles. The first-order valence-electron chi connectivity index (χ1n) is 7.88. The van der Waals surface area contributed by atoms with Crippen LogP contribution in [-0.4, -0.2) is 38.6 Å². The van der Waals surface area contributed by atoms with E-state index in [4.69, 9.17) is 9.72 Å². The number of nitrogens with zero attached hydrogens (tertiary/aromatic N) is 4.